The Hall–Kier alpha value is -5.54. The Kier molecular flexibility index (Phi) is 5.23. The second-order valence-electron chi connectivity index (χ2n) is 12.3. The third kappa shape index (κ3) is 3.47. The predicted octanol–water partition coefficient (Wildman–Crippen LogP) is 11.0. The maximum atomic E-state index is 2.52. The lowest BCUT2D eigenvalue weighted by Crippen LogP contribution is -2.03. The third-order valence-corrected chi connectivity index (χ3v) is 9.90. The number of allylic oxidation sites excluding steroid dienone is 5. The highest BCUT2D eigenvalue weighted by Gasteiger charge is 2.23. The molecule has 0 bridgehead atoms. The van der Waals surface area contributed by atoms with Crippen LogP contribution in [-0.2, 0) is 6.42 Å². The van der Waals surface area contributed by atoms with Crippen LogP contribution in [0.25, 0.3) is 77.7 Å². The SMILES string of the molecule is C1=CC(n2c3ccccc3c3c2ccc2c4ccccc4n(-c4ccc5c6c(n(-c7ccccc7)c5c4)CCC=C6)c23)=CCC1. The van der Waals surface area contributed by atoms with Gasteiger partial charge in [-0.25, -0.2) is 0 Å². The van der Waals surface area contributed by atoms with Crippen LogP contribution in [0.1, 0.15) is 30.5 Å². The molecule has 8 aromatic rings. The summed E-state index contributed by atoms with van der Waals surface area (Å²) in [5, 5.41) is 6.47. The molecule has 0 atom stereocenters. The maximum Gasteiger partial charge on any atom is 0.0641 e. The second-order valence-corrected chi connectivity index (χ2v) is 12.3. The predicted molar refractivity (Wildman–Crippen MR) is 191 cm³/mol. The topological polar surface area (TPSA) is 14.8 Å². The van der Waals surface area contributed by atoms with E-state index >= 15 is 0 Å². The molecular formula is C42H31N3. The van der Waals surface area contributed by atoms with Gasteiger partial charge in [0.2, 0.25) is 0 Å². The second kappa shape index (κ2) is 9.48. The van der Waals surface area contributed by atoms with Crippen LogP contribution in [0.15, 0.2) is 133 Å². The van der Waals surface area contributed by atoms with Gasteiger partial charge < -0.3 is 13.7 Å². The first-order chi connectivity index (χ1) is 22.4. The highest BCUT2D eigenvalue weighted by atomic mass is 15.0. The smallest absolute Gasteiger partial charge is 0.0641 e. The maximum absolute atomic E-state index is 2.52. The number of hydrogen-bond acceptors (Lipinski definition) is 0. The standard InChI is InChI=1S/C42H31N3/c1-3-13-28(14-4-1)43-38-22-12-9-19-35(38)41-39(43)26-25-34-32-18-8-11-21-37(32)45(42(34)41)30-23-24-33-31-17-7-10-20-36(31)44(40(33)27-30)29-15-5-2-6-16-29/h2-3,5-9,11-19,21-27H,1,4,10,20H2. The molecule has 0 fully saturated rings. The first-order valence-electron chi connectivity index (χ1n) is 16.1. The van der Waals surface area contributed by atoms with E-state index < -0.39 is 0 Å². The van der Waals surface area contributed by atoms with Crippen molar-refractivity contribution in [2.45, 2.75) is 25.7 Å². The van der Waals surface area contributed by atoms with E-state index in [1.165, 1.54) is 82.8 Å². The summed E-state index contributed by atoms with van der Waals surface area (Å²) >= 11 is 0. The van der Waals surface area contributed by atoms with Gasteiger partial charge in [0.1, 0.15) is 0 Å². The van der Waals surface area contributed by atoms with Crippen LogP contribution >= 0.6 is 0 Å². The number of hydrogen-bond donors (Lipinski definition) is 0. The Bertz CT molecular complexity index is 2580. The fraction of sp³-hybridized carbons (Fsp3) is 0.0952. The lowest BCUT2D eigenvalue weighted by molar-refractivity contribution is 0.888. The molecule has 10 rings (SSSR count). The van der Waals surface area contributed by atoms with Gasteiger partial charge in [-0.1, -0.05) is 91.0 Å². The summed E-state index contributed by atoms with van der Waals surface area (Å²) in [6, 6.07) is 40.5. The Labute approximate surface area is 261 Å². The number of nitrogens with zero attached hydrogens (tertiary/aromatic N) is 3. The Balaban J connectivity index is 1.35. The van der Waals surface area contributed by atoms with E-state index in [0.29, 0.717) is 0 Å². The van der Waals surface area contributed by atoms with Crippen LogP contribution in [0.5, 0.6) is 0 Å². The van der Waals surface area contributed by atoms with Crippen molar-refractivity contribution in [1.82, 2.24) is 13.7 Å². The van der Waals surface area contributed by atoms with Crippen LogP contribution in [0.2, 0.25) is 0 Å². The first kappa shape index (κ1) is 24.9. The fourth-order valence-corrected chi connectivity index (χ4v) is 8.04. The Morgan fingerprint density at radius 2 is 1.22 bits per heavy atom. The molecule has 0 saturated carbocycles. The van der Waals surface area contributed by atoms with E-state index in [0.717, 1.165) is 25.7 Å². The van der Waals surface area contributed by atoms with Gasteiger partial charge in [-0.3, -0.25) is 0 Å². The summed E-state index contributed by atoms with van der Waals surface area (Å²) in [5.41, 5.74) is 12.7. The van der Waals surface area contributed by atoms with Gasteiger partial charge in [-0.15, -0.1) is 0 Å². The van der Waals surface area contributed by atoms with Gasteiger partial charge in [0.25, 0.3) is 0 Å². The molecule has 3 heterocycles. The molecule has 45 heavy (non-hydrogen) atoms. The minimum absolute atomic E-state index is 1.05. The fourth-order valence-electron chi connectivity index (χ4n) is 8.04. The zero-order valence-electron chi connectivity index (χ0n) is 24.9. The number of benzene rings is 5. The van der Waals surface area contributed by atoms with Crippen LogP contribution in [0.4, 0.5) is 0 Å². The zero-order valence-corrected chi connectivity index (χ0v) is 24.9. The molecule has 3 heteroatoms. The highest BCUT2D eigenvalue weighted by Crippen LogP contribution is 2.43. The molecule has 3 nitrogen and oxygen atoms in total. The van der Waals surface area contributed by atoms with Crippen molar-refractivity contribution in [3.8, 4) is 11.4 Å². The van der Waals surface area contributed by atoms with Gasteiger partial charge in [0, 0.05) is 55.3 Å². The third-order valence-electron chi connectivity index (χ3n) is 9.90. The first-order valence-corrected chi connectivity index (χ1v) is 16.1. The lowest BCUT2D eigenvalue weighted by Gasteiger charge is -2.14. The van der Waals surface area contributed by atoms with Gasteiger partial charge in [-0.2, -0.15) is 0 Å². The van der Waals surface area contributed by atoms with Crippen molar-refractivity contribution in [1.29, 1.82) is 0 Å². The monoisotopic (exact) mass is 577 g/mol. The largest absolute Gasteiger partial charge is 0.313 e. The van der Waals surface area contributed by atoms with E-state index in [4.69, 9.17) is 0 Å². The summed E-state index contributed by atoms with van der Waals surface area (Å²) < 4.78 is 7.48. The van der Waals surface area contributed by atoms with Crippen molar-refractivity contribution in [3.05, 3.63) is 145 Å². The molecule has 214 valence electrons. The number of para-hydroxylation sites is 3. The minimum atomic E-state index is 1.05. The van der Waals surface area contributed by atoms with Gasteiger partial charge >= 0.3 is 0 Å². The molecule has 0 saturated heterocycles. The van der Waals surface area contributed by atoms with Crippen molar-refractivity contribution < 1.29 is 0 Å². The van der Waals surface area contributed by atoms with E-state index in [2.05, 4.69) is 153 Å². The molecule has 0 N–H and O–H groups in total. The quantitative estimate of drug-likeness (QED) is 0.198. The molecule has 0 spiro atoms. The molecule has 2 aliphatic carbocycles. The normalized spacial score (nSPS) is 14.7. The van der Waals surface area contributed by atoms with Crippen LogP contribution in [-0.4, -0.2) is 13.7 Å². The summed E-state index contributed by atoms with van der Waals surface area (Å²) in [6.07, 6.45) is 15.9. The van der Waals surface area contributed by atoms with Gasteiger partial charge in [-0.05, 0) is 74.2 Å². The molecule has 0 aliphatic heterocycles. The zero-order chi connectivity index (χ0) is 29.5. The van der Waals surface area contributed by atoms with Crippen LogP contribution in [0.3, 0.4) is 0 Å². The van der Waals surface area contributed by atoms with Crippen molar-refractivity contribution in [2.24, 2.45) is 0 Å². The number of fused-ring (bicyclic) bond motifs is 10. The molecule has 0 unspecified atom stereocenters. The average molecular weight is 578 g/mol. The van der Waals surface area contributed by atoms with Gasteiger partial charge in [0.15, 0.2) is 0 Å². The van der Waals surface area contributed by atoms with E-state index in [9.17, 15) is 0 Å². The summed E-state index contributed by atoms with van der Waals surface area (Å²) in [4.78, 5) is 0. The van der Waals surface area contributed by atoms with Crippen molar-refractivity contribution >= 4 is 66.3 Å². The summed E-state index contributed by atoms with van der Waals surface area (Å²) in [6.45, 7) is 0. The Morgan fingerprint density at radius 3 is 2.07 bits per heavy atom. The summed E-state index contributed by atoms with van der Waals surface area (Å²) in [5.74, 6) is 0. The molecule has 3 aromatic heterocycles. The van der Waals surface area contributed by atoms with E-state index in [-0.39, 0.29) is 0 Å². The highest BCUT2D eigenvalue weighted by molar-refractivity contribution is 6.26. The summed E-state index contributed by atoms with van der Waals surface area (Å²) in [7, 11) is 0. The molecule has 0 amide bonds. The number of aromatic nitrogens is 3. The molecule has 2 aliphatic rings. The van der Waals surface area contributed by atoms with E-state index in [1.54, 1.807) is 0 Å². The van der Waals surface area contributed by atoms with Crippen molar-refractivity contribution in [2.75, 3.05) is 0 Å². The Morgan fingerprint density at radius 1 is 0.467 bits per heavy atom. The number of rotatable bonds is 3. The van der Waals surface area contributed by atoms with Crippen molar-refractivity contribution in [3.63, 3.8) is 0 Å². The average Bonchev–Trinajstić information content (AvgIpc) is 3.74. The minimum Gasteiger partial charge on any atom is -0.313 e. The molecule has 0 radical (unpaired) electrons. The van der Waals surface area contributed by atoms with E-state index in [1.807, 2.05) is 0 Å². The van der Waals surface area contributed by atoms with Gasteiger partial charge in [0.05, 0.1) is 27.6 Å². The van der Waals surface area contributed by atoms with Crippen LogP contribution in [0, 0.1) is 0 Å². The molecule has 5 aromatic carbocycles. The lowest BCUT2D eigenvalue weighted by atomic mass is 10.0. The molecular weight excluding hydrogens is 546 g/mol. The van der Waals surface area contributed by atoms with Crippen LogP contribution < -0.4 is 0 Å².